The highest BCUT2D eigenvalue weighted by Crippen LogP contribution is 2.52. The number of anilines is 6. The number of rotatable bonds is 6. The molecule has 256 valence electrons. The van der Waals surface area contributed by atoms with Gasteiger partial charge in [-0.15, -0.1) is 0 Å². The number of ether oxygens (including phenoxy) is 1. The Bertz CT molecular complexity index is 3020. The van der Waals surface area contributed by atoms with Crippen LogP contribution in [0.3, 0.4) is 0 Å². The lowest BCUT2D eigenvalue weighted by molar-refractivity contribution is 0.487. The average Bonchev–Trinajstić information content (AvgIpc) is 3.25. The zero-order valence-corrected chi connectivity index (χ0v) is 29.5. The van der Waals surface area contributed by atoms with Crippen molar-refractivity contribution in [1.82, 2.24) is 0 Å². The molecule has 5 nitrogen and oxygen atoms in total. The van der Waals surface area contributed by atoms with E-state index in [-0.39, 0.29) is 0 Å². The van der Waals surface area contributed by atoms with E-state index in [1.807, 2.05) is 72.8 Å². The number of hydrogen-bond donors (Lipinski definition) is 0. The molecule has 0 aromatic heterocycles. The number of nitriles is 2. The van der Waals surface area contributed by atoms with Crippen LogP contribution in [0.1, 0.15) is 11.1 Å². The van der Waals surface area contributed by atoms with Crippen molar-refractivity contribution in [1.29, 1.82) is 10.5 Å². The lowest BCUT2D eigenvalue weighted by atomic mass is 9.88. The molecule has 0 spiro atoms. The molecule has 0 radical (unpaired) electrons. The minimum absolute atomic E-state index is 0.615. The van der Waals surface area contributed by atoms with Crippen molar-refractivity contribution in [2.45, 2.75) is 0 Å². The summed E-state index contributed by atoms with van der Waals surface area (Å²) in [6, 6.07) is 66.5. The summed E-state index contributed by atoms with van der Waals surface area (Å²) in [6.45, 7) is 0. The van der Waals surface area contributed by atoms with Crippen LogP contribution in [0.2, 0.25) is 0 Å². The second kappa shape index (κ2) is 13.0. The van der Waals surface area contributed by atoms with Crippen LogP contribution in [0.4, 0.5) is 34.1 Å². The van der Waals surface area contributed by atoms with Crippen LogP contribution in [0.5, 0.6) is 11.5 Å². The lowest BCUT2D eigenvalue weighted by Gasteiger charge is -2.29. The van der Waals surface area contributed by atoms with E-state index in [1.165, 1.54) is 0 Å². The van der Waals surface area contributed by atoms with E-state index >= 15 is 0 Å². The Morgan fingerprint density at radius 1 is 0.364 bits per heavy atom. The third kappa shape index (κ3) is 5.31. The van der Waals surface area contributed by atoms with Crippen molar-refractivity contribution >= 4 is 66.4 Å². The normalized spacial score (nSPS) is 11.4. The largest absolute Gasteiger partial charge is 0.456 e. The Morgan fingerprint density at radius 3 is 1.55 bits per heavy atom. The summed E-state index contributed by atoms with van der Waals surface area (Å²) < 4.78 is 6.82. The number of para-hydroxylation sites is 2. The number of nitrogens with zero attached hydrogens (tertiary/aromatic N) is 4. The minimum Gasteiger partial charge on any atom is -0.456 e. The van der Waals surface area contributed by atoms with E-state index < -0.39 is 0 Å². The van der Waals surface area contributed by atoms with Gasteiger partial charge in [0.05, 0.1) is 29.0 Å². The summed E-state index contributed by atoms with van der Waals surface area (Å²) in [5.74, 6) is 1.59. The first-order chi connectivity index (χ1) is 27.2. The molecule has 1 aliphatic heterocycles. The zero-order chi connectivity index (χ0) is 36.9. The molecule has 5 heteroatoms. The fraction of sp³-hybridized carbons (Fsp3) is 0. The molecule has 0 fully saturated rings. The molecular weight excluding hydrogens is 673 g/mol. The molecule has 55 heavy (non-hydrogen) atoms. The van der Waals surface area contributed by atoms with Crippen LogP contribution >= 0.6 is 0 Å². The summed E-state index contributed by atoms with van der Waals surface area (Å²) in [4.78, 5) is 4.46. The molecular formula is C50H30N4O. The molecule has 1 aliphatic rings. The van der Waals surface area contributed by atoms with Crippen LogP contribution in [0.25, 0.3) is 43.4 Å². The van der Waals surface area contributed by atoms with Gasteiger partial charge in [-0.2, -0.15) is 10.5 Å². The molecule has 0 N–H and O–H groups in total. The first kappa shape index (κ1) is 31.8. The van der Waals surface area contributed by atoms with Gasteiger partial charge in [0.1, 0.15) is 11.5 Å². The fourth-order valence-corrected chi connectivity index (χ4v) is 7.96. The van der Waals surface area contributed by atoms with Crippen LogP contribution in [0, 0.1) is 22.7 Å². The van der Waals surface area contributed by atoms with Gasteiger partial charge in [-0.3, -0.25) is 0 Å². The SMILES string of the molecule is N#Cc1ccc(N(c2ccccc2)c2ccc3c(c2)Oc2cccc4c2c-3cc2c3ccccc3c(N(c3ccccc3)c3ccc(C#N)cc3)cc42)cc1. The highest BCUT2D eigenvalue weighted by atomic mass is 16.5. The van der Waals surface area contributed by atoms with Gasteiger partial charge < -0.3 is 14.5 Å². The number of hydrogen-bond acceptors (Lipinski definition) is 5. The van der Waals surface area contributed by atoms with Gasteiger partial charge in [0.25, 0.3) is 0 Å². The first-order valence-corrected chi connectivity index (χ1v) is 18.1. The van der Waals surface area contributed by atoms with E-state index in [4.69, 9.17) is 4.74 Å². The van der Waals surface area contributed by atoms with Gasteiger partial charge in [-0.05, 0) is 130 Å². The van der Waals surface area contributed by atoms with Gasteiger partial charge >= 0.3 is 0 Å². The Kier molecular flexibility index (Phi) is 7.51. The summed E-state index contributed by atoms with van der Waals surface area (Å²) in [5, 5.41) is 25.8. The van der Waals surface area contributed by atoms with Crippen molar-refractivity contribution in [2.75, 3.05) is 9.80 Å². The Hall–Kier alpha value is -7.86. The summed E-state index contributed by atoms with van der Waals surface area (Å²) >= 11 is 0. The van der Waals surface area contributed by atoms with Gasteiger partial charge in [0, 0.05) is 50.8 Å². The first-order valence-electron chi connectivity index (χ1n) is 18.1. The molecule has 9 aromatic rings. The van der Waals surface area contributed by atoms with Gasteiger partial charge in [0.2, 0.25) is 0 Å². The van der Waals surface area contributed by atoms with Gasteiger partial charge in [-0.25, -0.2) is 0 Å². The quantitative estimate of drug-likeness (QED) is 0.161. The van der Waals surface area contributed by atoms with Crippen molar-refractivity contribution in [2.24, 2.45) is 0 Å². The smallest absolute Gasteiger partial charge is 0.137 e. The molecule has 0 atom stereocenters. The van der Waals surface area contributed by atoms with Gasteiger partial charge in [-0.1, -0.05) is 72.8 Å². The molecule has 10 rings (SSSR count). The monoisotopic (exact) mass is 702 g/mol. The highest BCUT2D eigenvalue weighted by Gasteiger charge is 2.26. The van der Waals surface area contributed by atoms with E-state index in [0.717, 1.165) is 89.1 Å². The van der Waals surface area contributed by atoms with E-state index in [1.54, 1.807) is 0 Å². The molecule has 0 saturated heterocycles. The van der Waals surface area contributed by atoms with Crippen molar-refractivity contribution in [3.8, 4) is 34.8 Å². The fourth-order valence-electron chi connectivity index (χ4n) is 7.96. The number of fused-ring (bicyclic) bond motifs is 6. The zero-order valence-electron chi connectivity index (χ0n) is 29.5. The summed E-state index contributed by atoms with van der Waals surface area (Å²) in [6.07, 6.45) is 0. The van der Waals surface area contributed by atoms with Crippen molar-refractivity contribution in [3.63, 3.8) is 0 Å². The van der Waals surface area contributed by atoms with Crippen LogP contribution in [-0.4, -0.2) is 0 Å². The predicted octanol–water partition coefficient (Wildman–Crippen LogP) is 13.6. The third-order valence-corrected chi connectivity index (χ3v) is 10.5. The van der Waals surface area contributed by atoms with Crippen LogP contribution < -0.4 is 14.5 Å². The molecule has 0 aliphatic carbocycles. The van der Waals surface area contributed by atoms with E-state index in [0.29, 0.717) is 11.1 Å². The second-order valence-corrected chi connectivity index (χ2v) is 13.6. The average molecular weight is 703 g/mol. The molecule has 0 unspecified atom stereocenters. The summed E-state index contributed by atoms with van der Waals surface area (Å²) in [7, 11) is 0. The van der Waals surface area contributed by atoms with Gasteiger partial charge in [0.15, 0.2) is 0 Å². The Morgan fingerprint density at radius 2 is 0.891 bits per heavy atom. The molecule has 0 saturated carbocycles. The molecule has 9 aromatic carbocycles. The molecule has 0 amide bonds. The van der Waals surface area contributed by atoms with Crippen molar-refractivity contribution in [3.05, 3.63) is 193 Å². The highest BCUT2D eigenvalue weighted by molar-refractivity contribution is 6.25. The van der Waals surface area contributed by atoms with Crippen LogP contribution in [-0.2, 0) is 0 Å². The molecule has 1 heterocycles. The van der Waals surface area contributed by atoms with Crippen LogP contribution in [0.15, 0.2) is 182 Å². The maximum Gasteiger partial charge on any atom is 0.137 e. The maximum absolute atomic E-state index is 9.56. The Balaban J connectivity index is 1.18. The summed E-state index contributed by atoms with van der Waals surface area (Å²) in [5.41, 5.74) is 9.33. The molecule has 0 bridgehead atoms. The predicted molar refractivity (Wildman–Crippen MR) is 223 cm³/mol. The minimum atomic E-state index is 0.615. The van der Waals surface area contributed by atoms with E-state index in [9.17, 15) is 10.5 Å². The second-order valence-electron chi connectivity index (χ2n) is 13.6. The topological polar surface area (TPSA) is 63.3 Å². The lowest BCUT2D eigenvalue weighted by Crippen LogP contribution is -2.11. The number of benzene rings is 9. The maximum atomic E-state index is 9.56. The Labute approximate surface area is 318 Å². The third-order valence-electron chi connectivity index (χ3n) is 10.5. The van der Waals surface area contributed by atoms with E-state index in [2.05, 4.69) is 131 Å². The standard InChI is InChI=1S/C50H30N4O/c51-31-33-18-22-37(23-19-33)53(35-10-3-1-4-11-35)39-26-27-42-46-29-44-40-14-7-8-15-41(40)47(30-45(44)43-16-9-17-48(50(43)46)55-49(42)28-39)54(36-12-5-2-6-13-36)38-24-20-34(32-52)21-25-38/h1-30H. The van der Waals surface area contributed by atoms with Crippen molar-refractivity contribution < 1.29 is 4.74 Å².